The molecule has 0 radical (unpaired) electrons. The molecule has 1 aromatic carbocycles. The molecular formula is C15H20BrN3O2. The van der Waals surface area contributed by atoms with E-state index in [0.717, 1.165) is 36.2 Å². The maximum absolute atomic E-state index is 5.71. The fourth-order valence-corrected chi connectivity index (χ4v) is 2.20. The first-order chi connectivity index (χ1) is 10.2. The Balaban J connectivity index is 1.94. The molecule has 1 N–H and O–H groups in total. The first-order valence-corrected chi connectivity index (χ1v) is 7.95. The average molecular weight is 354 g/mol. The van der Waals surface area contributed by atoms with Crippen molar-refractivity contribution in [2.75, 3.05) is 6.54 Å². The molecule has 2 aromatic rings. The molecule has 6 heteroatoms. The summed E-state index contributed by atoms with van der Waals surface area (Å²) < 4.78 is 12.2. The molecule has 0 amide bonds. The first-order valence-electron chi connectivity index (χ1n) is 7.16. The van der Waals surface area contributed by atoms with Gasteiger partial charge in [0.1, 0.15) is 5.75 Å². The normalized spacial score (nSPS) is 10.8. The number of ether oxygens (including phenoxy) is 1. The van der Waals surface area contributed by atoms with Crippen LogP contribution in [0.15, 0.2) is 27.1 Å². The number of halogens is 1. The van der Waals surface area contributed by atoms with Crippen molar-refractivity contribution in [3.05, 3.63) is 40.0 Å². The Kier molecular flexibility index (Phi) is 6.20. The molecule has 1 aromatic heterocycles. The number of hydrogen-bond acceptors (Lipinski definition) is 5. The minimum absolute atomic E-state index is 0.288. The Hall–Kier alpha value is -1.40. The number of aromatic nitrogens is 2. The molecule has 5 nitrogen and oxygen atoms in total. The van der Waals surface area contributed by atoms with Crippen LogP contribution < -0.4 is 10.1 Å². The quantitative estimate of drug-likeness (QED) is 0.736. The first kappa shape index (κ1) is 16.0. The summed E-state index contributed by atoms with van der Waals surface area (Å²) in [6.45, 7) is 6.22. The molecule has 0 aliphatic heterocycles. The largest absolute Gasteiger partial charge is 0.484 e. The number of aryl methyl sites for hydroxylation is 1. The van der Waals surface area contributed by atoms with Crippen LogP contribution in [0.4, 0.5) is 0 Å². The van der Waals surface area contributed by atoms with E-state index in [-0.39, 0.29) is 6.61 Å². The van der Waals surface area contributed by atoms with Crippen LogP contribution in [0.3, 0.4) is 0 Å². The van der Waals surface area contributed by atoms with Crippen molar-refractivity contribution in [3.63, 3.8) is 0 Å². The van der Waals surface area contributed by atoms with E-state index in [0.29, 0.717) is 11.8 Å². The zero-order valence-electron chi connectivity index (χ0n) is 12.4. The van der Waals surface area contributed by atoms with Crippen LogP contribution in [0, 0.1) is 0 Å². The molecule has 2 rings (SSSR count). The summed E-state index contributed by atoms with van der Waals surface area (Å²) in [4.78, 5) is 0. The summed E-state index contributed by atoms with van der Waals surface area (Å²) >= 11 is 3.55. The van der Waals surface area contributed by atoms with E-state index in [1.54, 1.807) is 0 Å². The highest BCUT2D eigenvalue weighted by atomic mass is 79.9. The van der Waals surface area contributed by atoms with Gasteiger partial charge in [0.25, 0.3) is 5.89 Å². The van der Waals surface area contributed by atoms with Crippen molar-refractivity contribution >= 4 is 15.9 Å². The Morgan fingerprint density at radius 3 is 2.76 bits per heavy atom. The summed E-state index contributed by atoms with van der Waals surface area (Å²) in [7, 11) is 0. The van der Waals surface area contributed by atoms with E-state index in [1.165, 1.54) is 5.56 Å². The second-order valence-electron chi connectivity index (χ2n) is 4.66. The number of rotatable bonds is 8. The smallest absolute Gasteiger partial charge is 0.253 e. The monoisotopic (exact) mass is 353 g/mol. The van der Waals surface area contributed by atoms with Gasteiger partial charge in [-0.2, -0.15) is 0 Å². The summed E-state index contributed by atoms with van der Waals surface area (Å²) in [5.74, 6) is 1.93. The maximum atomic E-state index is 5.71. The molecule has 0 spiro atoms. The number of nitrogens with one attached hydrogen (secondary N) is 1. The van der Waals surface area contributed by atoms with Crippen LogP contribution >= 0.6 is 15.9 Å². The predicted molar refractivity (Wildman–Crippen MR) is 84.1 cm³/mol. The van der Waals surface area contributed by atoms with Crippen LogP contribution in [0.5, 0.6) is 5.75 Å². The number of hydrogen-bond donors (Lipinski definition) is 1. The fraction of sp³-hybridized carbons (Fsp3) is 0.467. The molecule has 0 unspecified atom stereocenters. The van der Waals surface area contributed by atoms with E-state index in [1.807, 2.05) is 25.1 Å². The zero-order valence-corrected chi connectivity index (χ0v) is 13.9. The van der Waals surface area contributed by atoms with Gasteiger partial charge < -0.3 is 14.5 Å². The summed E-state index contributed by atoms with van der Waals surface area (Å²) in [6.07, 6.45) is 1.85. The van der Waals surface area contributed by atoms with E-state index in [2.05, 4.69) is 38.4 Å². The lowest BCUT2D eigenvalue weighted by molar-refractivity contribution is 0.259. The van der Waals surface area contributed by atoms with Crippen molar-refractivity contribution in [2.45, 2.75) is 39.8 Å². The summed E-state index contributed by atoms with van der Waals surface area (Å²) in [5, 5.41) is 11.2. The fourth-order valence-electron chi connectivity index (χ4n) is 1.81. The van der Waals surface area contributed by atoms with Gasteiger partial charge >= 0.3 is 0 Å². The highest BCUT2D eigenvalue weighted by Gasteiger charge is 2.07. The molecule has 0 atom stereocenters. The van der Waals surface area contributed by atoms with Gasteiger partial charge in [-0.25, -0.2) is 0 Å². The molecule has 0 fully saturated rings. The highest BCUT2D eigenvalue weighted by molar-refractivity contribution is 9.10. The molecule has 1 heterocycles. The third kappa shape index (κ3) is 4.82. The Bertz CT molecular complexity index is 572. The van der Waals surface area contributed by atoms with E-state index in [9.17, 15) is 0 Å². The third-order valence-corrected chi connectivity index (χ3v) is 3.71. The minimum Gasteiger partial charge on any atom is -0.484 e. The highest BCUT2D eigenvalue weighted by Crippen LogP contribution is 2.23. The molecule has 0 bridgehead atoms. The SMILES string of the molecule is CCCNCc1cc(OCc2nnc(CC)o2)ccc1Br. The summed E-state index contributed by atoms with van der Waals surface area (Å²) in [5.41, 5.74) is 1.17. The van der Waals surface area contributed by atoms with Crippen LogP contribution in [-0.2, 0) is 19.6 Å². The zero-order chi connectivity index (χ0) is 15.1. The summed E-state index contributed by atoms with van der Waals surface area (Å²) in [6, 6.07) is 5.93. The van der Waals surface area contributed by atoms with Crippen molar-refractivity contribution in [2.24, 2.45) is 0 Å². The standard InChI is InChI=1S/C15H20BrN3O2/c1-3-7-17-9-11-8-12(5-6-13(11)16)20-10-15-19-18-14(4-2)21-15/h5-6,8,17H,3-4,7,9-10H2,1-2H3. The van der Waals surface area contributed by atoms with Crippen LogP contribution in [0.25, 0.3) is 0 Å². The van der Waals surface area contributed by atoms with E-state index >= 15 is 0 Å². The average Bonchev–Trinajstić information content (AvgIpc) is 2.96. The third-order valence-electron chi connectivity index (χ3n) is 2.93. The van der Waals surface area contributed by atoms with Gasteiger partial charge in [0.2, 0.25) is 5.89 Å². The molecule has 0 saturated carbocycles. The molecule has 0 saturated heterocycles. The maximum Gasteiger partial charge on any atom is 0.253 e. The van der Waals surface area contributed by atoms with Gasteiger partial charge in [-0.1, -0.05) is 29.8 Å². The van der Waals surface area contributed by atoms with Crippen molar-refractivity contribution in [3.8, 4) is 5.75 Å². The van der Waals surface area contributed by atoms with Crippen molar-refractivity contribution < 1.29 is 9.15 Å². The molecular weight excluding hydrogens is 334 g/mol. The van der Waals surface area contributed by atoms with Crippen molar-refractivity contribution in [1.82, 2.24) is 15.5 Å². The van der Waals surface area contributed by atoms with Crippen LogP contribution in [0.2, 0.25) is 0 Å². The number of benzene rings is 1. The van der Waals surface area contributed by atoms with Crippen molar-refractivity contribution in [1.29, 1.82) is 0 Å². The van der Waals surface area contributed by atoms with E-state index < -0.39 is 0 Å². The topological polar surface area (TPSA) is 60.2 Å². The van der Waals surface area contributed by atoms with Gasteiger partial charge in [-0.15, -0.1) is 10.2 Å². The van der Waals surface area contributed by atoms with Crippen LogP contribution in [-0.4, -0.2) is 16.7 Å². The van der Waals surface area contributed by atoms with Crippen LogP contribution in [0.1, 0.15) is 37.6 Å². The van der Waals surface area contributed by atoms with Gasteiger partial charge in [0.15, 0.2) is 6.61 Å². The molecule has 114 valence electrons. The lowest BCUT2D eigenvalue weighted by atomic mass is 10.2. The Morgan fingerprint density at radius 2 is 2.05 bits per heavy atom. The predicted octanol–water partition coefficient (Wildman–Crippen LogP) is 3.47. The second kappa shape index (κ2) is 8.14. The van der Waals surface area contributed by atoms with Gasteiger partial charge in [-0.3, -0.25) is 0 Å². The van der Waals surface area contributed by atoms with E-state index in [4.69, 9.17) is 9.15 Å². The minimum atomic E-state index is 0.288. The van der Waals surface area contributed by atoms with Gasteiger partial charge in [-0.05, 0) is 36.7 Å². The van der Waals surface area contributed by atoms with Gasteiger partial charge in [0.05, 0.1) is 0 Å². The second-order valence-corrected chi connectivity index (χ2v) is 5.52. The Labute approximate surface area is 133 Å². The lowest BCUT2D eigenvalue weighted by Gasteiger charge is -2.09. The lowest BCUT2D eigenvalue weighted by Crippen LogP contribution is -2.14. The molecule has 0 aliphatic carbocycles. The van der Waals surface area contributed by atoms with Gasteiger partial charge in [0, 0.05) is 17.4 Å². The Morgan fingerprint density at radius 1 is 1.24 bits per heavy atom. The molecule has 0 aliphatic rings. The molecule has 21 heavy (non-hydrogen) atoms. The number of nitrogens with zero attached hydrogens (tertiary/aromatic N) is 2.